The van der Waals surface area contributed by atoms with E-state index in [-0.39, 0.29) is 17.8 Å². The summed E-state index contributed by atoms with van der Waals surface area (Å²) in [5.74, 6) is 0.886. The lowest BCUT2D eigenvalue weighted by Crippen LogP contribution is -2.35. The van der Waals surface area contributed by atoms with Crippen LogP contribution in [0.2, 0.25) is 5.02 Å². The molecule has 5 heteroatoms. The number of hydrogen-bond acceptors (Lipinski definition) is 4. The molecule has 0 radical (unpaired) electrons. The number of halogens is 1. The Kier molecular flexibility index (Phi) is 3.26. The number of fused-ring (bicyclic) bond motifs is 2. The number of Topliss-reactive ketones (excluding diaryl/α,β-unsaturated/α-hetero) is 1. The summed E-state index contributed by atoms with van der Waals surface area (Å²) in [5.41, 5.74) is 2.71. The standard InChI is InChI=1S/C17H14ClNO3/c18-11-3-1-10(2-4-11)12-7-13-15(20)5-6-21-17(13)14-8-19-9-22-16(12)14/h1-4,8-9,12,16H,5-7H2. The van der Waals surface area contributed by atoms with Crippen LogP contribution in [0.15, 0.2) is 52.4 Å². The number of ether oxygens (including phenoxy) is 2. The lowest BCUT2D eigenvalue weighted by atomic mass is 9.76. The minimum Gasteiger partial charge on any atom is -0.492 e. The lowest BCUT2D eigenvalue weighted by Gasteiger charge is -2.37. The molecule has 0 saturated heterocycles. The minimum atomic E-state index is -0.177. The maximum Gasteiger partial charge on any atom is 0.174 e. The number of benzene rings is 1. The van der Waals surface area contributed by atoms with Crippen LogP contribution in [0, 0.1) is 0 Å². The summed E-state index contributed by atoms with van der Waals surface area (Å²) in [6.45, 7) is 0.428. The van der Waals surface area contributed by atoms with Crippen molar-refractivity contribution >= 4 is 23.8 Å². The fraction of sp³-hybridized carbons (Fsp3) is 0.294. The van der Waals surface area contributed by atoms with E-state index in [2.05, 4.69) is 4.99 Å². The first kappa shape index (κ1) is 13.6. The van der Waals surface area contributed by atoms with Crippen LogP contribution < -0.4 is 0 Å². The highest BCUT2D eigenvalue weighted by Gasteiger charge is 2.41. The molecule has 2 heterocycles. The topological polar surface area (TPSA) is 47.9 Å². The summed E-state index contributed by atoms with van der Waals surface area (Å²) >= 11 is 5.97. The Labute approximate surface area is 133 Å². The van der Waals surface area contributed by atoms with E-state index in [4.69, 9.17) is 21.1 Å². The zero-order valence-electron chi connectivity index (χ0n) is 11.8. The summed E-state index contributed by atoms with van der Waals surface area (Å²) in [4.78, 5) is 16.3. The summed E-state index contributed by atoms with van der Waals surface area (Å²) in [6, 6.07) is 7.69. The van der Waals surface area contributed by atoms with Gasteiger partial charge in [0.15, 0.2) is 12.2 Å². The molecule has 4 rings (SSSR count). The molecule has 22 heavy (non-hydrogen) atoms. The van der Waals surface area contributed by atoms with Gasteiger partial charge in [0.2, 0.25) is 0 Å². The number of carbonyl (C=O) groups is 1. The van der Waals surface area contributed by atoms with E-state index in [9.17, 15) is 4.79 Å². The largest absolute Gasteiger partial charge is 0.492 e. The van der Waals surface area contributed by atoms with E-state index in [0.29, 0.717) is 30.2 Å². The molecule has 112 valence electrons. The zero-order chi connectivity index (χ0) is 15.1. The van der Waals surface area contributed by atoms with Crippen LogP contribution in [0.3, 0.4) is 0 Å². The number of hydrogen-bond donors (Lipinski definition) is 0. The molecule has 1 aliphatic carbocycles. The van der Waals surface area contributed by atoms with Gasteiger partial charge in [0, 0.05) is 29.1 Å². The van der Waals surface area contributed by atoms with Gasteiger partial charge in [0.1, 0.15) is 11.9 Å². The number of carbonyl (C=O) groups excluding carboxylic acids is 1. The number of rotatable bonds is 1. The van der Waals surface area contributed by atoms with Crippen LogP contribution in [0.25, 0.3) is 0 Å². The van der Waals surface area contributed by atoms with E-state index in [1.807, 2.05) is 24.3 Å². The van der Waals surface area contributed by atoms with E-state index < -0.39 is 0 Å². The van der Waals surface area contributed by atoms with Crippen molar-refractivity contribution < 1.29 is 14.3 Å². The first-order valence-electron chi connectivity index (χ1n) is 7.26. The number of allylic oxidation sites excluding steroid dienone is 1. The molecular weight excluding hydrogens is 302 g/mol. The van der Waals surface area contributed by atoms with Gasteiger partial charge in [0.05, 0.1) is 12.2 Å². The fourth-order valence-electron chi connectivity index (χ4n) is 3.26. The number of ketones is 1. The Morgan fingerprint density at radius 1 is 1.23 bits per heavy atom. The maximum absolute atomic E-state index is 12.3. The van der Waals surface area contributed by atoms with Gasteiger partial charge in [-0.3, -0.25) is 4.79 Å². The molecule has 1 aromatic rings. The van der Waals surface area contributed by atoms with Crippen molar-refractivity contribution in [1.29, 1.82) is 0 Å². The van der Waals surface area contributed by atoms with Crippen LogP contribution in [-0.4, -0.2) is 24.9 Å². The van der Waals surface area contributed by atoms with Crippen LogP contribution in [0.1, 0.15) is 24.3 Å². The van der Waals surface area contributed by atoms with Crippen molar-refractivity contribution in [2.75, 3.05) is 6.61 Å². The van der Waals surface area contributed by atoms with Crippen molar-refractivity contribution in [3.8, 4) is 0 Å². The predicted octanol–water partition coefficient (Wildman–Crippen LogP) is 3.38. The highest BCUT2D eigenvalue weighted by molar-refractivity contribution is 6.30. The predicted molar refractivity (Wildman–Crippen MR) is 82.9 cm³/mol. The molecule has 0 amide bonds. The van der Waals surface area contributed by atoms with Gasteiger partial charge in [-0.25, -0.2) is 4.99 Å². The third kappa shape index (κ3) is 2.15. The van der Waals surface area contributed by atoms with E-state index in [1.54, 1.807) is 6.20 Å². The number of nitrogens with zero attached hydrogens (tertiary/aromatic N) is 1. The third-order valence-electron chi connectivity index (χ3n) is 4.32. The molecular formula is C17H14ClNO3. The average molecular weight is 316 g/mol. The van der Waals surface area contributed by atoms with Crippen molar-refractivity contribution in [3.63, 3.8) is 0 Å². The van der Waals surface area contributed by atoms with E-state index in [0.717, 1.165) is 16.7 Å². The van der Waals surface area contributed by atoms with Crippen molar-refractivity contribution in [2.24, 2.45) is 4.99 Å². The first-order chi connectivity index (χ1) is 10.7. The number of aliphatic imine (C=N–C) groups is 1. The van der Waals surface area contributed by atoms with Gasteiger partial charge in [-0.2, -0.15) is 0 Å². The molecule has 0 spiro atoms. The van der Waals surface area contributed by atoms with Crippen molar-refractivity contribution in [2.45, 2.75) is 24.9 Å². The van der Waals surface area contributed by atoms with Crippen molar-refractivity contribution in [3.05, 3.63) is 58.0 Å². The second kappa shape index (κ2) is 5.29. The highest BCUT2D eigenvalue weighted by atomic mass is 35.5. The summed E-state index contributed by atoms with van der Waals surface area (Å²) in [5, 5.41) is 0.693. The highest BCUT2D eigenvalue weighted by Crippen LogP contribution is 2.44. The Balaban J connectivity index is 1.80. The molecule has 1 aromatic carbocycles. The van der Waals surface area contributed by atoms with Gasteiger partial charge in [0.25, 0.3) is 0 Å². The van der Waals surface area contributed by atoms with Gasteiger partial charge in [-0.05, 0) is 24.1 Å². The third-order valence-corrected chi connectivity index (χ3v) is 4.58. The zero-order valence-corrected chi connectivity index (χ0v) is 12.5. The van der Waals surface area contributed by atoms with Crippen molar-refractivity contribution in [1.82, 2.24) is 0 Å². The molecule has 2 atom stereocenters. The molecule has 3 aliphatic rings. The van der Waals surface area contributed by atoms with Gasteiger partial charge < -0.3 is 9.47 Å². The molecule has 4 nitrogen and oxygen atoms in total. The fourth-order valence-corrected chi connectivity index (χ4v) is 3.39. The monoisotopic (exact) mass is 315 g/mol. The molecule has 2 aliphatic heterocycles. The van der Waals surface area contributed by atoms with Gasteiger partial charge in [-0.1, -0.05) is 23.7 Å². The van der Waals surface area contributed by atoms with Crippen LogP contribution in [0.4, 0.5) is 0 Å². The van der Waals surface area contributed by atoms with E-state index in [1.165, 1.54) is 6.40 Å². The quantitative estimate of drug-likeness (QED) is 0.798. The minimum absolute atomic E-state index is 0.0552. The summed E-state index contributed by atoms with van der Waals surface area (Å²) in [6.07, 6.45) is 4.07. The smallest absolute Gasteiger partial charge is 0.174 e. The SMILES string of the molecule is O=C1CCOC2=C1CC(c1ccc(Cl)cc1)C1OC=NC=C21. The van der Waals surface area contributed by atoms with E-state index >= 15 is 0 Å². The molecule has 0 N–H and O–H groups in total. The van der Waals surface area contributed by atoms with Crippen LogP contribution >= 0.6 is 11.6 Å². The molecule has 0 bridgehead atoms. The summed E-state index contributed by atoms with van der Waals surface area (Å²) in [7, 11) is 0. The average Bonchev–Trinajstić information content (AvgIpc) is 2.55. The molecule has 0 aromatic heterocycles. The lowest BCUT2D eigenvalue weighted by molar-refractivity contribution is -0.118. The first-order valence-corrected chi connectivity index (χ1v) is 7.64. The Morgan fingerprint density at radius 2 is 2.05 bits per heavy atom. The van der Waals surface area contributed by atoms with Crippen LogP contribution in [-0.2, 0) is 14.3 Å². The molecule has 2 unspecified atom stereocenters. The molecule has 0 fully saturated rings. The Morgan fingerprint density at radius 3 is 2.86 bits per heavy atom. The normalized spacial score (nSPS) is 26.6. The maximum atomic E-state index is 12.3. The second-order valence-corrected chi connectivity index (χ2v) is 6.02. The molecule has 0 saturated carbocycles. The van der Waals surface area contributed by atoms with Gasteiger partial charge >= 0.3 is 0 Å². The van der Waals surface area contributed by atoms with Crippen LogP contribution in [0.5, 0.6) is 0 Å². The summed E-state index contributed by atoms with van der Waals surface area (Å²) < 4.78 is 11.5. The Hall–Kier alpha value is -2.07. The second-order valence-electron chi connectivity index (χ2n) is 5.59. The van der Waals surface area contributed by atoms with Gasteiger partial charge in [-0.15, -0.1) is 0 Å². The Bertz CT molecular complexity index is 718.